The molecule has 0 N–H and O–H groups in total. The van der Waals surface area contributed by atoms with Crippen molar-refractivity contribution < 1.29 is 13.9 Å². The van der Waals surface area contributed by atoms with Gasteiger partial charge in [-0.3, -0.25) is 9.78 Å². The van der Waals surface area contributed by atoms with Gasteiger partial charge in [0.1, 0.15) is 18.1 Å². The summed E-state index contributed by atoms with van der Waals surface area (Å²) < 4.78 is 11.2. The van der Waals surface area contributed by atoms with Crippen LogP contribution >= 0.6 is 0 Å². The van der Waals surface area contributed by atoms with Crippen molar-refractivity contribution in [1.82, 2.24) is 4.98 Å². The summed E-state index contributed by atoms with van der Waals surface area (Å²) >= 11 is 0. The van der Waals surface area contributed by atoms with Crippen molar-refractivity contribution in [1.29, 1.82) is 0 Å². The van der Waals surface area contributed by atoms with Gasteiger partial charge in [0.15, 0.2) is 5.76 Å². The second kappa shape index (κ2) is 7.42. The molecule has 0 aliphatic rings. The number of nitrogens with zero attached hydrogens (tertiary/aromatic N) is 1. The molecule has 0 aliphatic carbocycles. The fourth-order valence-electron chi connectivity index (χ4n) is 2.21. The molecule has 3 aromatic rings. The molecule has 0 saturated heterocycles. The number of furan rings is 1. The third-order valence-corrected chi connectivity index (χ3v) is 3.43. The molecule has 120 valence electrons. The number of aromatic nitrogens is 1. The molecule has 24 heavy (non-hydrogen) atoms. The maximum Gasteiger partial charge on any atom is 0.221 e. The average molecular weight is 319 g/mol. The van der Waals surface area contributed by atoms with Crippen molar-refractivity contribution in [2.24, 2.45) is 0 Å². The highest BCUT2D eigenvalue weighted by atomic mass is 16.5. The lowest BCUT2D eigenvalue weighted by molar-refractivity contribution is 0.102. The van der Waals surface area contributed by atoms with E-state index in [1.165, 1.54) is 6.08 Å². The number of pyridine rings is 1. The number of hydrogen-bond donors (Lipinski definition) is 0. The van der Waals surface area contributed by atoms with Gasteiger partial charge in [-0.05, 0) is 43.3 Å². The highest BCUT2D eigenvalue weighted by Gasteiger charge is 2.07. The molecule has 1 aromatic carbocycles. The molecular weight excluding hydrogens is 302 g/mol. The van der Waals surface area contributed by atoms with E-state index < -0.39 is 0 Å². The summed E-state index contributed by atoms with van der Waals surface area (Å²) in [6.07, 6.45) is 6.71. The lowest BCUT2D eigenvalue weighted by atomic mass is 10.1. The van der Waals surface area contributed by atoms with E-state index in [9.17, 15) is 4.79 Å². The molecule has 3 rings (SSSR count). The number of ketones is 1. The number of carbonyl (C=O) groups excluding carboxylic acids is 1. The topological polar surface area (TPSA) is 52.3 Å². The van der Waals surface area contributed by atoms with Crippen LogP contribution in [0.5, 0.6) is 5.75 Å². The van der Waals surface area contributed by atoms with Gasteiger partial charge >= 0.3 is 0 Å². The van der Waals surface area contributed by atoms with Gasteiger partial charge < -0.3 is 9.15 Å². The number of carbonyl (C=O) groups is 1. The van der Waals surface area contributed by atoms with E-state index in [1.807, 2.05) is 43.3 Å². The summed E-state index contributed by atoms with van der Waals surface area (Å²) in [4.78, 5) is 16.2. The summed E-state index contributed by atoms with van der Waals surface area (Å²) in [5.74, 6) is 1.58. The van der Waals surface area contributed by atoms with Crippen LogP contribution in [0.4, 0.5) is 0 Å². The Bertz CT molecular complexity index is 850. The summed E-state index contributed by atoms with van der Waals surface area (Å²) in [6, 6.07) is 14.8. The number of benzene rings is 1. The number of ether oxygens (including phenoxy) is 1. The number of aryl methyl sites for hydroxylation is 1. The van der Waals surface area contributed by atoms with Gasteiger partial charge in [0, 0.05) is 23.5 Å². The van der Waals surface area contributed by atoms with E-state index in [4.69, 9.17) is 9.15 Å². The smallest absolute Gasteiger partial charge is 0.221 e. The van der Waals surface area contributed by atoms with E-state index in [0.717, 1.165) is 11.1 Å². The Morgan fingerprint density at radius 2 is 2.04 bits per heavy atom. The van der Waals surface area contributed by atoms with Crippen molar-refractivity contribution in [3.8, 4) is 5.75 Å². The van der Waals surface area contributed by atoms with Crippen LogP contribution in [0.1, 0.15) is 27.4 Å². The first-order chi connectivity index (χ1) is 11.7. The Kier molecular flexibility index (Phi) is 4.87. The Labute approximate surface area is 140 Å². The molecule has 0 unspecified atom stereocenters. The molecule has 0 bridgehead atoms. The Hall–Kier alpha value is -3.14. The predicted octanol–water partition coefficient (Wildman–Crippen LogP) is 4.46. The molecule has 0 spiro atoms. The molecule has 0 saturated carbocycles. The van der Waals surface area contributed by atoms with Crippen molar-refractivity contribution in [2.45, 2.75) is 13.5 Å². The van der Waals surface area contributed by atoms with Gasteiger partial charge in [-0.25, -0.2) is 0 Å². The standard InChI is InChI=1S/C20H17NO3/c1-15-8-11-20(24-15)18(22)10-9-17-6-2-3-7-19(17)23-14-16-5-4-12-21-13-16/h2-13H,14H2,1H3/b10-9+. The first-order valence-corrected chi connectivity index (χ1v) is 7.62. The maximum absolute atomic E-state index is 12.1. The van der Waals surface area contributed by atoms with Crippen LogP contribution in [-0.2, 0) is 6.61 Å². The van der Waals surface area contributed by atoms with Crippen molar-refractivity contribution in [2.75, 3.05) is 0 Å². The summed E-state index contributed by atoms with van der Waals surface area (Å²) in [5.41, 5.74) is 1.82. The van der Waals surface area contributed by atoms with Crippen LogP contribution in [0, 0.1) is 6.92 Å². The molecule has 2 heterocycles. The van der Waals surface area contributed by atoms with E-state index in [0.29, 0.717) is 23.9 Å². The number of para-hydroxylation sites is 1. The van der Waals surface area contributed by atoms with Gasteiger partial charge in [0.25, 0.3) is 0 Å². The summed E-state index contributed by atoms with van der Waals surface area (Å²) in [7, 11) is 0. The summed E-state index contributed by atoms with van der Waals surface area (Å²) in [6.45, 7) is 2.23. The first-order valence-electron chi connectivity index (χ1n) is 7.62. The molecule has 0 aliphatic heterocycles. The van der Waals surface area contributed by atoms with Crippen LogP contribution in [0.15, 0.2) is 71.4 Å². The van der Waals surface area contributed by atoms with E-state index in [2.05, 4.69) is 4.98 Å². The zero-order valence-electron chi connectivity index (χ0n) is 13.3. The predicted molar refractivity (Wildman–Crippen MR) is 91.8 cm³/mol. The summed E-state index contributed by atoms with van der Waals surface area (Å²) in [5, 5.41) is 0. The van der Waals surface area contributed by atoms with E-state index >= 15 is 0 Å². The lowest BCUT2D eigenvalue weighted by Gasteiger charge is -2.08. The first kappa shape index (κ1) is 15.7. The molecule has 0 fully saturated rings. The molecule has 0 atom stereocenters. The SMILES string of the molecule is Cc1ccc(C(=O)/C=C/c2ccccc2OCc2cccnc2)o1. The van der Waals surface area contributed by atoms with E-state index in [-0.39, 0.29) is 5.78 Å². The fraction of sp³-hybridized carbons (Fsp3) is 0.100. The van der Waals surface area contributed by atoms with Crippen molar-refractivity contribution >= 4 is 11.9 Å². The van der Waals surface area contributed by atoms with Gasteiger partial charge in [0.05, 0.1) is 0 Å². The second-order valence-electron chi connectivity index (χ2n) is 5.30. The molecule has 4 heteroatoms. The lowest BCUT2D eigenvalue weighted by Crippen LogP contribution is -1.97. The number of rotatable bonds is 6. The van der Waals surface area contributed by atoms with Gasteiger partial charge in [-0.2, -0.15) is 0 Å². The van der Waals surface area contributed by atoms with Gasteiger partial charge in [-0.15, -0.1) is 0 Å². The normalized spacial score (nSPS) is 10.9. The van der Waals surface area contributed by atoms with Crippen LogP contribution in [0.25, 0.3) is 6.08 Å². The number of allylic oxidation sites excluding steroid dienone is 1. The highest BCUT2D eigenvalue weighted by molar-refractivity contribution is 6.05. The molecule has 0 radical (unpaired) electrons. The monoisotopic (exact) mass is 319 g/mol. The van der Waals surface area contributed by atoms with Crippen LogP contribution < -0.4 is 4.74 Å². The largest absolute Gasteiger partial charge is 0.488 e. The van der Waals surface area contributed by atoms with Crippen molar-refractivity contribution in [3.05, 3.63) is 89.6 Å². The molecule has 2 aromatic heterocycles. The third kappa shape index (κ3) is 3.98. The van der Waals surface area contributed by atoms with Gasteiger partial charge in [0.2, 0.25) is 5.78 Å². The quantitative estimate of drug-likeness (QED) is 0.497. The Morgan fingerprint density at radius 3 is 2.79 bits per heavy atom. The zero-order valence-corrected chi connectivity index (χ0v) is 13.3. The fourth-order valence-corrected chi connectivity index (χ4v) is 2.21. The Balaban J connectivity index is 1.72. The minimum Gasteiger partial charge on any atom is -0.488 e. The molecular formula is C20H17NO3. The molecule has 4 nitrogen and oxygen atoms in total. The minimum absolute atomic E-state index is 0.176. The van der Waals surface area contributed by atoms with Crippen LogP contribution in [0.2, 0.25) is 0 Å². The third-order valence-electron chi connectivity index (χ3n) is 3.43. The van der Waals surface area contributed by atoms with E-state index in [1.54, 1.807) is 30.6 Å². The van der Waals surface area contributed by atoms with Crippen LogP contribution in [-0.4, -0.2) is 10.8 Å². The maximum atomic E-state index is 12.1. The van der Waals surface area contributed by atoms with Crippen LogP contribution in [0.3, 0.4) is 0 Å². The molecule has 0 amide bonds. The number of hydrogen-bond acceptors (Lipinski definition) is 4. The van der Waals surface area contributed by atoms with Crippen molar-refractivity contribution in [3.63, 3.8) is 0 Å². The zero-order chi connectivity index (χ0) is 16.8. The van der Waals surface area contributed by atoms with Gasteiger partial charge in [-0.1, -0.05) is 24.3 Å². The second-order valence-corrected chi connectivity index (χ2v) is 5.30. The average Bonchev–Trinajstić information content (AvgIpc) is 3.06. The Morgan fingerprint density at radius 1 is 1.17 bits per heavy atom. The highest BCUT2D eigenvalue weighted by Crippen LogP contribution is 2.21. The minimum atomic E-state index is -0.176.